The number of halogens is 6. The molecule has 0 bridgehead atoms. The van der Waals surface area contributed by atoms with E-state index >= 15 is 0 Å². The number of hydrogen-bond acceptors (Lipinski definition) is 4. The maximum absolute atomic E-state index is 13.0. The van der Waals surface area contributed by atoms with Crippen LogP contribution in [-0.2, 0) is 10.9 Å². The summed E-state index contributed by atoms with van der Waals surface area (Å²) in [6.45, 7) is 5.33. The van der Waals surface area contributed by atoms with Gasteiger partial charge in [0.15, 0.2) is 0 Å². The Balaban J connectivity index is 1.89. The first kappa shape index (κ1) is 27.6. The summed E-state index contributed by atoms with van der Waals surface area (Å²) < 4.78 is 88.6. The summed E-state index contributed by atoms with van der Waals surface area (Å²) in [4.78, 5) is 12.7. The van der Waals surface area contributed by atoms with E-state index in [1.807, 2.05) is 0 Å². The van der Waals surface area contributed by atoms with Gasteiger partial charge in [0.2, 0.25) is 0 Å². The van der Waals surface area contributed by atoms with Crippen molar-refractivity contribution in [1.82, 2.24) is 0 Å². The number of ether oxygens (including phenoxy) is 2. The summed E-state index contributed by atoms with van der Waals surface area (Å²) in [5.41, 5.74) is 1.92. The topological polar surface area (TPSA) is 35.5 Å². The summed E-state index contributed by atoms with van der Waals surface area (Å²) in [5, 5.41) is 0. The summed E-state index contributed by atoms with van der Waals surface area (Å²) in [7, 11) is 0. The molecule has 1 atom stereocenters. The van der Waals surface area contributed by atoms with Crippen LogP contribution in [0.4, 0.5) is 26.3 Å². The van der Waals surface area contributed by atoms with E-state index in [0.717, 1.165) is 23.5 Å². The Kier molecular flexibility index (Phi) is 8.38. The molecule has 10 heteroatoms. The van der Waals surface area contributed by atoms with Gasteiger partial charge >= 0.3 is 18.3 Å². The molecule has 0 saturated heterocycles. The van der Waals surface area contributed by atoms with Gasteiger partial charge in [0.05, 0.1) is 12.2 Å². The van der Waals surface area contributed by atoms with Crippen LogP contribution in [0.3, 0.4) is 0 Å². The maximum Gasteiger partial charge on any atom is 0.416 e. The maximum atomic E-state index is 13.0. The van der Waals surface area contributed by atoms with Crippen LogP contribution >= 0.6 is 11.3 Å². The van der Waals surface area contributed by atoms with E-state index in [-0.39, 0.29) is 17.9 Å². The van der Waals surface area contributed by atoms with Crippen molar-refractivity contribution in [3.8, 4) is 16.9 Å². The second-order valence-electron chi connectivity index (χ2n) is 8.19. The molecule has 1 unspecified atom stereocenters. The van der Waals surface area contributed by atoms with E-state index in [0.29, 0.717) is 32.9 Å². The third kappa shape index (κ3) is 7.02. The van der Waals surface area contributed by atoms with Gasteiger partial charge in [-0.1, -0.05) is 12.1 Å². The lowest BCUT2D eigenvalue weighted by atomic mass is 9.94. The molecule has 1 aromatic heterocycles. The first-order valence-electron chi connectivity index (χ1n) is 11.1. The number of alkyl halides is 6. The Morgan fingerprint density at radius 2 is 1.56 bits per heavy atom. The number of hydrogen-bond donors (Lipinski definition) is 0. The number of carbonyl (C=O) groups is 1. The van der Waals surface area contributed by atoms with Crippen molar-refractivity contribution in [2.45, 2.75) is 52.1 Å². The molecule has 0 N–H and O–H groups in total. The van der Waals surface area contributed by atoms with Crippen LogP contribution in [0.2, 0.25) is 0 Å². The fourth-order valence-corrected chi connectivity index (χ4v) is 4.79. The lowest BCUT2D eigenvalue weighted by molar-refractivity contribution is -0.139. The molecule has 3 nitrogen and oxygen atoms in total. The van der Waals surface area contributed by atoms with Gasteiger partial charge in [-0.3, -0.25) is 0 Å². The van der Waals surface area contributed by atoms with Gasteiger partial charge in [-0.15, -0.1) is 11.3 Å². The second kappa shape index (κ2) is 10.9. The van der Waals surface area contributed by atoms with Gasteiger partial charge in [0.1, 0.15) is 16.7 Å². The normalized spacial score (nSPS) is 12.9. The number of aryl methyl sites for hydroxylation is 2. The number of rotatable bonds is 8. The predicted molar refractivity (Wildman–Crippen MR) is 125 cm³/mol. The molecule has 36 heavy (non-hydrogen) atoms. The Morgan fingerprint density at radius 3 is 2.08 bits per heavy atom. The van der Waals surface area contributed by atoms with Crippen molar-refractivity contribution in [2.24, 2.45) is 0 Å². The summed E-state index contributed by atoms with van der Waals surface area (Å²) in [6, 6.07) is 11.1. The first-order valence-corrected chi connectivity index (χ1v) is 11.9. The predicted octanol–water partition coefficient (Wildman–Crippen LogP) is 8.69. The number of esters is 1. The molecule has 0 radical (unpaired) electrons. The zero-order chi connectivity index (χ0) is 26.7. The fraction of sp³-hybridized carbons (Fsp3) is 0.346. The number of benzene rings is 2. The van der Waals surface area contributed by atoms with Gasteiger partial charge in [0.25, 0.3) is 0 Å². The van der Waals surface area contributed by atoms with Gasteiger partial charge in [0, 0.05) is 11.3 Å². The molecule has 0 aliphatic heterocycles. The highest BCUT2D eigenvalue weighted by Gasteiger charge is 2.31. The highest BCUT2D eigenvalue weighted by atomic mass is 32.1. The first-order chi connectivity index (χ1) is 16.8. The molecule has 0 aliphatic rings. The average molecular weight is 531 g/mol. The van der Waals surface area contributed by atoms with E-state index < -0.39 is 36.4 Å². The SMILES string of the molecule is CCOC(=O)c1ccc(C(CCC(F)(F)F)Oc2cc(C)c(-c3ccc(C(F)(F)F)cc3)c(C)c2)s1. The van der Waals surface area contributed by atoms with E-state index in [9.17, 15) is 31.1 Å². The fourth-order valence-electron chi connectivity index (χ4n) is 3.83. The lowest BCUT2D eigenvalue weighted by Gasteiger charge is -2.21. The quantitative estimate of drug-likeness (QED) is 0.216. The van der Waals surface area contributed by atoms with Crippen molar-refractivity contribution < 1.29 is 40.6 Å². The largest absolute Gasteiger partial charge is 0.485 e. The molecule has 1 heterocycles. The van der Waals surface area contributed by atoms with Crippen molar-refractivity contribution >= 4 is 17.3 Å². The minimum atomic E-state index is -4.44. The van der Waals surface area contributed by atoms with Gasteiger partial charge in [-0.25, -0.2) is 4.79 Å². The number of thiophene rings is 1. The van der Waals surface area contributed by atoms with Crippen LogP contribution in [0.25, 0.3) is 11.1 Å². The third-order valence-corrected chi connectivity index (χ3v) is 6.55. The molecule has 0 saturated carbocycles. The van der Waals surface area contributed by atoms with Crippen LogP contribution in [0.1, 0.15) is 57.1 Å². The minimum absolute atomic E-state index is 0.171. The van der Waals surface area contributed by atoms with Gasteiger partial charge < -0.3 is 9.47 Å². The van der Waals surface area contributed by atoms with Gasteiger partial charge in [-0.2, -0.15) is 26.3 Å². The minimum Gasteiger partial charge on any atom is -0.485 e. The Morgan fingerprint density at radius 1 is 0.944 bits per heavy atom. The monoisotopic (exact) mass is 530 g/mol. The molecular weight excluding hydrogens is 506 g/mol. The van der Waals surface area contributed by atoms with E-state index in [1.165, 1.54) is 18.2 Å². The van der Waals surface area contributed by atoms with Crippen molar-refractivity contribution in [3.63, 3.8) is 0 Å². The molecule has 0 aliphatic carbocycles. The molecule has 2 aromatic carbocycles. The van der Waals surface area contributed by atoms with Crippen molar-refractivity contribution in [1.29, 1.82) is 0 Å². The molecule has 3 rings (SSSR count). The smallest absolute Gasteiger partial charge is 0.416 e. The molecule has 3 aromatic rings. The lowest BCUT2D eigenvalue weighted by Crippen LogP contribution is -2.13. The Bertz CT molecular complexity index is 1170. The zero-order valence-electron chi connectivity index (χ0n) is 19.7. The van der Waals surface area contributed by atoms with Crippen LogP contribution in [0.15, 0.2) is 48.5 Å². The summed E-state index contributed by atoms with van der Waals surface area (Å²) in [6.07, 6.45) is -11.2. The van der Waals surface area contributed by atoms with Gasteiger partial charge in [-0.05, 0) is 85.8 Å². The summed E-state index contributed by atoms with van der Waals surface area (Å²) in [5.74, 6) is -0.241. The second-order valence-corrected chi connectivity index (χ2v) is 9.31. The van der Waals surface area contributed by atoms with Crippen LogP contribution in [0.5, 0.6) is 5.75 Å². The Labute approximate surface area is 208 Å². The molecule has 0 fully saturated rings. The highest BCUT2D eigenvalue weighted by molar-refractivity contribution is 7.14. The van der Waals surface area contributed by atoms with Crippen molar-refractivity contribution in [2.75, 3.05) is 6.61 Å². The molecule has 194 valence electrons. The van der Waals surface area contributed by atoms with Crippen LogP contribution < -0.4 is 4.74 Å². The highest BCUT2D eigenvalue weighted by Crippen LogP contribution is 2.38. The summed E-state index contributed by atoms with van der Waals surface area (Å²) >= 11 is 1.01. The zero-order valence-corrected chi connectivity index (χ0v) is 20.5. The van der Waals surface area contributed by atoms with E-state index in [2.05, 4.69) is 0 Å². The molecular formula is C26H24F6O3S. The Hall–Kier alpha value is -3.01. The third-order valence-electron chi connectivity index (χ3n) is 5.40. The molecule has 0 amide bonds. The van der Waals surface area contributed by atoms with E-state index in [4.69, 9.17) is 9.47 Å². The average Bonchev–Trinajstić information content (AvgIpc) is 3.26. The number of carbonyl (C=O) groups excluding carboxylic acids is 1. The van der Waals surface area contributed by atoms with E-state index in [1.54, 1.807) is 39.0 Å². The standard InChI is InChI=1S/C26H24F6O3S/c1-4-34-24(33)22-10-9-21(36-22)20(11-12-25(27,28)29)35-19-13-15(2)23(16(3)14-19)17-5-7-18(8-6-17)26(30,31)32/h5-10,13-14,20H,4,11-12H2,1-3H3. The van der Waals surface area contributed by atoms with Crippen LogP contribution in [-0.4, -0.2) is 18.8 Å². The molecule has 0 spiro atoms. The van der Waals surface area contributed by atoms with Crippen LogP contribution in [0, 0.1) is 13.8 Å². The van der Waals surface area contributed by atoms with Crippen molar-refractivity contribution in [3.05, 3.63) is 75.0 Å².